The summed E-state index contributed by atoms with van der Waals surface area (Å²) in [6.07, 6.45) is 3.05. The standard InChI is InChI=1S/C18H18N2O2/c21-18(20-22-13-14-6-2-1-3-7-14)11-10-15-12-19-17-9-5-4-8-16(15)17/h1-9,12,19H,10-11,13H2,(H,20,21). The van der Waals surface area contributed by atoms with Crippen molar-refractivity contribution >= 4 is 16.8 Å². The maximum atomic E-state index is 11.8. The van der Waals surface area contributed by atoms with Crippen LogP contribution in [-0.4, -0.2) is 10.9 Å². The summed E-state index contributed by atoms with van der Waals surface area (Å²) >= 11 is 0. The number of carbonyl (C=O) groups excluding carboxylic acids is 1. The molecule has 0 bridgehead atoms. The molecule has 0 atom stereocenters. The Morgan fingerprint density at radius 2 is 1.82 bits per heavy atom. The lowest BCUT2D eigenvalue weighted by Gasteiger charge is -2.05. The van der Waals surface area contributed by atoms with Crippen LogP contribution in [0.2, 0.25) is 0 Å². The maximum Gasteiger partial charge on any atom is 0.243 e. The van der Waals surface area contributed by atoms with Crippen molar-refractivity contribution in [2.75, 3.05) is 0 Å². The van der Waals surface area contributed by atoms with E-state index in [1.165, 1.54) is 5.39 Å². The Kier molecular flexibility index (Phi) is 4.51. The summed E-state index contributed by atoms with van der Waals surface area (Å²) in [5.74, 6) is -0.110. The van der Waals surface area contributed by atoms with E-state index in [4.69, 9.17) is 4.84 Å². The highest BCUT2D eigenvalue weighted by Crippen LogP contribution is 2.18. The number of benzene rings is 2. The molecule has 3 aromatic rings. The Bertz CT molecular complexity index is 750. The second kappa shape index (κ2) is 6.91. The smallest absolute Gasteiger partial charge is 0.243 e. The molecule has 0 aliphatic heterocycles. The third-order valence-corrected chi connectivity index (χ3v) is 3.56. The van der Waals surface area contributed by atoms with Crippen LogP contribution in [0.1, 0.15) is 17.5 Å². The van der Waals surface area contributed by atoms with Crippen molar-refractivity contribution in [1.29, 1.82) is 0 Å². The van der Waals surface area contributed by atoms with Crippen LogP contribution in [0, 0.1) is 0 Å². The van der Waals surface area contributed by atoms with Gasteiger partial charge in [0, 0.05) is 23.5 Å². The Labute approximate surface area is 129 Å². The SMILES string of the molecule is O=C(CCc1c[nH]c2ccccc12)NOCc1ccccc1. The van der Waals surface area contributed by atoms with Gasteiger partial charge in [0.25, 0.3) is 0 Å². The van der Waals surface area contributed by atoms with E-state index in [1.807, 2.05) is 54.7 Å². The summed E-state index contributed by atoms with van der Waals surface area (Å²) in [6.45, 7) is 0.375. The minimum atomic E-state index is -0.110. The average molecular weight is 294 g/mol. The summed E-state index contributed by atoms with van der Waals surface area (Å²) in [5, 5.41) is 1.17. The Hall–Kier alpha value is -2.59. The number of nitrogens with one attached hydrogen (secondary N) is 2. The van der Waals surface area contributed by atoms with E-state index in [9.17, 15) is 4.79 Å². The van der Waals surface area contributed by atoms with Crippen molar-refractivity contribution in [1.82, 2.24) is 10.5 Å². The first-order chi connectivity index (χ1) is 10.8. The van der Waals surface area contributed by atoms with Crippen LogP contribution in [0.15, 0.2) is 60.8 Å². The number of aromatic nitrogens is 1. The van der Waals surface area contributed by atoms with Crippen LogP contribution in [0.25, 0.3) is 10.9 Å². The van der Waals surface area contributed by atoms with Crippen molar-refractivity contribution in [2.45, 2.75) is 19.4 Å². The van der Waals surface area contributed by atoms with E-state index >= 15 is 0 Å². The minimum absolute atomic E-state index is 0.110. The van der Waals surface area contributed by atoms with Crippen LogP contribution in [0.4, 0.5) is 0 Å². The zero-order chi connectivity index (χ0) is 15.2. The van der Waals surface area contributed by atoms with Gasteiger partial charge in [-0.15, -0.1) is 0 Å². The average Bonchev–Trinajstić information content (AvgIpc) is 2.97. The quantitative estimate of drug-likeness (QED) is 0.685. The lowest BCUT2D eigenvalue weighted by molar-refractivity contribution is -0.134. The highest BCUT2D eigenvalue weighted by molar-refractivity contribution is 5.84. The third kappa shape index (κ3) is 3.54. The molecule has 0 saturated heterocycles. The number of carbonyl (C=O) groups is 1. The van der Waals surface area contributed by atoms with Crippen LogP contribution in [0.5, 0.6) is 0 Å². The number of rotatable bonds is 6. The molecule has 0 radical (unpaired) electrons. The van der Waals surface area contributed by atoms with Crippen LogP contribution < -0.4 is 5.48 Å². The fourth-order valence-corrected chi connectivity index (χ4v) is 2.41. The number of amides is 1. The lowest BCUT2D eigenvalue weighted by atomic mass is 10.1. The third-order valence-electron chi connectivity index (χ3n) is 3.56. The van der Waals surface area contributed by atoms with Crippen LogP contribution in [0.3, 0.4) is 0 Å². The van der Waals surface area contributed by atoms with Crippen LogP contribution >= 0.6 is 0 Å². The molecule has 0 spiro atoms. The Morgan fingerprint density at radius 1 is 1.05 bits per heavy atom. The molecule has 0 unspecified atom stereocenters. The molecular weight excluding hydrogens is 276 g/mol. The number of hydrogen-bond donors (Lipinski definition) is 2. The second-order valence-corrected chi connectivity index (χ2v) is 5.16. The molecule has 3 rings (SSSR count). The molecule has 22 heavy (non-hydrogen) atoms. The summed E-state index contributed by atoms with van der Waals surface area (Å²) < 4.78 is 0. The van der Waals surface area contributed by atoms with Crippen molar-refractivity contribution in [3.8, 4) is 0 Å². The minimum Gasteiger partial charge on any atom is -0.361 e. The van der Waals surface area contributed by atoms with E-state index in [-0.39, 0.29) is 5.91 Å². The number of H-pyrrole nitrogens is 1. The molecule has 2 aromatic carbocycles. The molecule has 112 valence electrons. The first-order valence-electron chi connectivity index (χ1n) is 7.32. The number of aromatic amines is 1. The number of hydroxylamine groups is 1. The van der Waals surface area contributed by atoms with E-state index < -0.39 is 0 Å². The van der Waals surface area contributed by atoms with Gasteiger partial charge in [0.1, 0.15) is 0 Å². The first kappa shape index (κ1) is 14.4. The van der Waals surface area contributed by atoms with Gasteiger partial charge in [-0.2, -0.15) is 0 Å². The number of hydrogen-bond acceptors (Lipinski definition) is 2. The zero-order valence-electron chi connectivity index (χ0n) is 12.2. The normalized spacial score (nSPS) is 10.7. The summed E-state index contributed by atoms with van der Waals surface area (Å²) in [5.41, 5.74) is 5.76. The first-order valence-corrected chi connectivity index (χ1v) is 7.32. The predicted octanol–water partition coefficient (Wildman–Crippen LogP) is 3.35. The van der Waals surface area contributed by atoms with Gasteiger partial charge in [-0.1, -0.05) is 48.5 Å². The van der Waals surface area contributed by atoms with E-state index in [0.717, 1.165) is 16.6 Å². The molecule has 1 heterocycles. The predicted molar refractivity (Wildman–Crippen MR) is 86.0 cm³/mol. The summed E-state index contributed by atoms with van der Waals surface area (Å²) in [7, 11) is 0. The highest BCUT2D eigenvalue weighted by Gasteiger charge is 2.06. The number of fused-ring (bicyclic) bond motifs is 1. The van der Waals surface area contributed by atoms with Crippen molar-refractivity contribution in [2.24, 2.45) is 0 Å². The van der Waals surface area contributed by atoms with Gasteiger partial charge in [-0.3, -0.25) is 9.63 Å². The molecule has 0 fully saturated rings. The molecule has 0 saturated carbocycles. The summed E-state index contributed by atoms with van der Waals surface area (Å²) in [6, 6.07) is 17.8. The largest absolute Gasteiger partial charge is 0.361 e. The Balaban J connectivity index is 1.46. The molecule has 1 amide bonds. The number of aryl methyl sites for hydroxylation is 1. The Morgan fingerprint density at radius 3 is 2.68 bits per heavy atom. The molecule has 0 aliphatic carbocycles. The topological polar surface area (TPSA) is 54.1 Å². The molecule has 1 aromatic heterocycles. The summed E-state index contributed by atoms with van der Waals surface area (Å²) in [4.78, 5) is 20.3. The fourth-order valence-electron chi connectivity index (χ4n) is 2.41. The van der Waals surface area contributed by atoms with Gasteiger partial charge in [-0.05, 0) is 23.6 Å². The zero-order valence-corrected chi connectivity index (χ0v) is 12.2. The fraction of sp³-hybridized carbons (Fsp3) is 0.167. The molecule has 4 nitrogen and oxygen atoms in total. The maximum absolute atomic E-state index is 11.8. The lowest BCUT2D eigenvalue weighted by Crippen LogP contribution is -2.23. The molecule has 0 aliphatic rings. The van der Waals surface area contributed by atoms with E-state index in [0.29, 0.717) is 19.4 Å². The van der Waals surface area contributed by atoms with Gasteiger partial charge in [-0.25, -0.2) is 5.48 Å². The monoisotopic (exact) mass is 294 g/mol. The van der Waals surface area contributed by atoms with E-state index in [1.54, 1.807) is 0 Å². The van der Waals surface area contributed by atoms with Crippen molar-refractivity contribution in [3.63, 3.8) is 0 Å². The molecular formula is C18H18N2O2. The van der Waals surface area contributed by atoms with Crippen molar-refractivity contribution < 1.29 is 9.63 Å². The van der Waals surface area contributed by atoms with E-state index in [2.05, 4.69) is 16.5 Å². The van der Waals surface area contributed by atoms with Gasteiger partial charge >= 0.3 is 0 Å². The van der Waals surface area contributed by atoms with Gasteiger partial charge in [0.2, 0.25) is 5.91 Å². The molecule has 4 heteroatoms. The van der Waals surface area contributed by atoms with Gasteiger partial charge in [0.15, 0.2) is 0 Å². The van der Waals surface area contributed by atoms with Gasteiger partial charge < -0.3 is 4.98 Å². The number of para-hydroxylation sites is 1. The highest BCUT2D eigenvalue weighted by atomic mass is 16.6. The van der Waals surface area contributed by atoms with Crippen LogP contribution in [-0.2, 0) is 22.7 Å². The molecule has 2 N–H and O–H groups in total. The van der Waals surface area contributed by atoms with Gasteiger partial charge in [0.05, 0.1) is 6.61 Å². The van der Waals surface area contributed by atoms with Crippen molar-refractivity contribution in [3.05, 3.63) is 71.9 Å². The second-order valence-electron chi connectivity index (χ2n) is 5.16.